The first-order chi connectivity index (χ1) is 8.70. The number of hydrogen-bond acceptors (Lipinski definition) is 5. The maximum atomic E-state index is 10.8. The van der Waals surface area contributed by atoms with Crippen LogP contribution in [0.1, 0.15) is 16.1 Å². The summed E-state index contributed by atoms with van der Waals surface area (Å²) in [6.07, 6.45) is 2.03. The lowest BCUT2D eigenvalue weighted by Crippen LogP contribution is -1.98. The quantitative estimate of drug-likeness (QED) is 0.460. The molecule has 6 heteroatoms. The van der Waals surface area contributed by atoms with E-state index < -0.39 is 4.92 Å². The molecule has 0 aliphatic carbocycles. The molecule has 0 saturated carbocycles. The Labute approximate surface area is 102 Å². The molecule has 0 aliphatic rings. The summed E-state index contributed by atoms with van der Waals surface area (Å²) >= 11 is 0. The largest absolute Gasteiger partial charge is 0.485 e. The molecule has 0 radical (unpaired) electrons. The molecule has 1 aromatic carbocycles. The van der Waals surface area contributed by atoms with Gasteiger partial charge in [-0.15, -0.1) is 0 Å². The zero-order valence-corrected chi connectivity index (χ0v) is 9.24. The summed E-state index contributed by atoms with van der Waals surface area (Å²) in [7, 11) is 0. The van der Waals surface area contributed by atoms with Gasteiger partial charge in [-0.2, -0.15) is 0 Å². The molecule has 2 aromatic rings. The molecular formula is C12H9NO5. The molecule has 0 atom stereocenters. The van der Waals surface area contributed by atoms with Crippen LogP contribution >= 0.6 is 0 Å². The van der Waals surface area contributed by atoms with Gasteiger partial charge < -0.3 is 9.15 Å². The van der Waals surface area contributed by atoms with Gasteiger partial charge in [0.2, 0.25) is 0 Å². The van der Waals surface area contributed by atoms with Crippen LogP contribution in [0.2, 0.25) is 0 Å². The summed E-state index contributed by atoms with van der Waals surface area (Å²) in [6, 6.07) is 7.29. The van der Waals surface area contributed by atoms with Crippen LogP contribution in [-0.4, -0.2) is 11.2 Å². The molecule has 6 nitrogen and oxygen atoms in total. The van der Waals surface area contributed by atoms with Gasteiger partial charge in [-0.25, -0.2) is 0 Å². The second kappa shape index (κ2) is 5.13. The van der Waals surface area contributed by atoms with E-state index in [2.05, 4.69) is 0 Å². The Hall–Kier alpha value is -2.63. The fourth-order valence-electron chi connectivity index (χ4n) is 1.42. The van der Waals surface area contributed by atoms with Crippen molar-refractivity contribution in [2.24, 2.45) is 0 Å². The van der Waals surface area contributed by atoms with E-state index in [0.717, 1.165) is 0 Å². The molecule has 0 N–H and O–H groups in total. The fourth-order valence-corrected chi connectivity index (χ4v) is 1.42. The number of aldehydes is 1. The minimum Gasteiger partial charge on any atom is -0.485 e. The summed E-state index contributed by atoms with van der Waals surface area (Å²) in [6.45, 7) is 0.158. The molecule has 92 valence electrons. The van der Waals surface area contributed by atoms with E-state index in [-0.39, 0.29) is 23.6 Å². The van der Waals surface area contributed by atoms with Crippen LogP contribution in [0.25, 0.3) is 0 Å². The number of nitro groups is 1. The Bertz CT molecular complexity index is 562. The molecule has 1 heterocycles. The lowest BCUT2D eigenvalue weighted by Gasteiger charge is -2.06. The molecule has 0 saturated heterocycles. The van der Waals surface area contributed by atoms with Crippen LogP contribution in [0, 0.1) is 10.1 Å². The first-order valence-corrected chi connectivity index (χ1v) is 5.09. The zero-order valence-electron chi connectivity index (χ0n) is 9.24. The van der Waals surface area contributed by atoms with E-state index in [9.17, 15) is 14.9 Å². The molecular weight excluding hydrogens is 238 g/mol. The summed E-state index contributed by atoms with van der Waals surface area (Å²) in [5.41, 5.74) is -0.0156. The molecule has 0 amide bonds. The standard InChI is InChI=1S/C12H9NO5/c14-7-9-6-10(13(15)16)3-4-12(9)18-8-11-2-1-5-17-11/h1-7H,8H2. The van der Waals surface area contributed by atoms with E-state index in [1.165, 1.54) is 24.5 Å². The van der Waals surface area contributed by atoms with E-state index >= 15 is 0 Å². The molecule has 2 rings (SSSR count). The third-order valence-electron chi connectivity index (χ3n) is 2.28. The van der Waals surface area contributed by atoms with Crippen molar-refractivity contribution in [3.63, 3.8) is 0 Å². The number of carbonyl (C=O) groups excluding carboxylic acids is 1. The normalized spacial score (nSPS) is 10.0. The molecule has 0 fully saturated rings. The number of ether oxygens (including phenoxy) is 1. The van der Waals surface area contributed by atoms with Crippen molar-refractivity contribution in [2.45, 2.75) is 6.61 Å². The number of nitro benzene ring substituents is 1. The van der Waals surface area contributed by atoms with E-state index in [0.29, 0.717) is 12.0 Å². The number of non-ortho nitro benzene ring substituents is 1. The van der Waals surface area contributed by atoms with Gasteiger partial charge in [0.1, 0.15) is 18.1 Å². The summed E-state index contributed by atoms with van der Waals surface area (Å²) in [5, 5.41) is 10.6. The predicted molar refractivity (Wildman–Crippen MR) is 61.5 cm³/mol. The smallest absolute Gasteiger partial charge is 0.270 e. The maximum absolute atomic E-state index is 10.8. The molecule has 0 aliphatic heterocycles. The number of benzene rings is 1. The van der Waals surface area contributed by atoms with Gasteiger partial charge in [0, 0.05) is 12.1 Å². The van der Waals surface area contributed by atoms with Crippen LogP contribution in [0.3, 0.4) is 0 Å². The Balaban J connectivity index is 2.17. The topological polar surface area (TPSA) is 82.6 Å². The molecule has 1 aromatic heterocycles. The Morgan fingerprint density at radius 1 is 1.39 bits per heavy atom. The minimum atomic E-state index is -0.566. The zero-order chi connectivity index (χ0) is 13.0. The van der Waals surface area contributed by atoms with Gasteiger partial charge >= 0.3 is 0 Å². The van der Waals surface area contributed by atoms with Crippen molar-refractivity contribution in [2.75, 3.05) is 0 Å². The number of furan rings is 1. The monoisotopic (exact) mass is 247 g/mol. The van der Waals surface area contributed by atoms with Crippen LogP contribution < -0.4 is 4.74 Å². The van der Waals surface area contributed by atoms with Crippen molar-refractivity contribution in [3.05, 3.63) is 58.0 Å². The summed E-state index contributed by atoms with van der Waals surface area (Å²) in [4.78, 5) is 20.8. The summed E-state index contributed by atoms with van der Waals surface area (Å²) in [5.74, 6) is 0.886. The van der Waals surface area contributed by atoms with E-state index in [1.807, 2.05) is 0 Å². The van der Waals surface area contributed by atoms with Crippen molar-refractivity contribution >= 4 is 12.0 Å². The highest BCUT2D eigenvalue weighted by Crippen LogP contribution is 2.23. The Kier molecular flexibility index (Phi) is 3.38. The van der Waals surface area contributed by atoms with Crippen LogP contribution in [0.15, 0.2) is 41.0 Å². The Morgan fingerprint density at radius 2 is 2.22 bits per heavy atom. The van der Waals surface area contributed by atoms with Crippen molar-refractivity contribution in [1.82, 2.24) is 0 Å². The fraction of sp³-hybridized carbons (Fsp3) is 0.0833. The lowest BCUT2D eigenvalue weighted by molar-refractivity contribution is -0.384. The van der Waals surface area contributed by atoms with Crippen LogP contribution in [-0.2, 0) is 6.61 Å². The molecule has 0 bridgehead atoms. The van der Waals surface area contributed by atoms with Gasteiger partial charge in [0.05, 0.1) is 16.7 Å². The van der Waals surface area contributed by atoms with E-state index in [1.54, 1.807) is 12.1 Å². The molecule has 0 spiro atoms. The first kappa shape index (κ1) is 11.8. The number of rotatable bonds is 5. The Morgan fingerprint density at radius 3 is 2.83 bits per heavy atom. The maximum Gasteiger partial charge on any atom is 0.270 e. The van der Waals surface area contributed by atoms with Crippen LogP contribution in [0.5, 0.6) is 5.75 Å². The third kappa shape index (κ3) is 2.54. The third-order valence-corrected chi connectivity index (χ3v) is 2.28. The minimum absolute atomic E-state index is 0.135. The highest BCUT2D eigenvalue weighted by molar-refractivity contribution is 5.80. The molecule has 0 unspecified atom stereocenters. The predicted octanol–water partition coefficient (Wildman–Crippen LogP) is 2.58. The molecule has 18 heavy (non-hydrogen) atoms. The first-order valence-electron chi connectivity index (χ1n) is 5.09. The average molecular weight is 247 g/mol. The van der Waals surface area contributed by atoms with Gasteiger partial charge in [-0.3, -0.25) is 14.9 Å². The van der Waals surface area contributed by atoms with E-state index in [4.69, 9.17) is 9.15 Å². The van der Waals surface area contributed by atoms with Gasteiger partial charge in [0.15, 0.2) is 6.29 Å². The second-order valence-electron chi connectivity index (χ2n) is 3.47. The second-order valence-corrected chi connectivity index (χ2v) is 3.47. The highest BCUT2D eigenvalue weighted by Gasteiger charge is 2.11. The number of hydrogen-bond donors (Lipinski definition) is 0. The van der Waals surface area contributed by atoms with Crippen LogP contribution in [0.4, 0.5) is 5.69 Å². The SMILES string of the molecule is O=Cc1cc([N+](=O)[O-])ccc1OCc1ccco1. The summed E-state index contributed by atoms with van der Waals surface area (Å²) < 4.78 is 10.4. The number of nitrogens with zero attached hydrogens (tertiary/aromatic N) is 1. The lowest BCUT2D eigenvalue weighted by atomic mass is 10.2. The highest BCUT2D eigenvalue weighted by atomic mass is 16.6. The van der Waals surface area contributed by atoms with Gasteiger partial charge in [-0.1, -0.05) is 0 Å². The van der Waals surface area contributed by atoms with Gasteiger partial charge in [0.25, 0.3) is 5.69 Å². The average Bonchev–Trinajstić information content (AvgIpc) is 2.89. The van der Waals surface area contributed by atoms with Crippen molar-refractivity contribution in [1.29, 1.82) is 0 Å². The van der Waals surface area contributed by atoms with Crippen molar-refractivity contribution in [3.8, 4) is 5.75 Å². The number of carbonyl (C=O) groups is 1. The van der Waals surface area contributed by atoms with Gasteiger partial charge in [-0.05, 0) is 18.2 Å². The van der Waals surface area contributed by atoms with Crippen molar-refractivity contribution < 1.29 is 18.9 Å².